The van der Waals surface area contributed by atoms with Gasteiger partial charge in [0.1, 0.15) is 5.82 Å². The van der Waals surface area contributed by atoms with Crippen molar-refractivity contribution >= 4 is 11.8 Å². The Kier molecular flexibility index (Phi) is 5.29. The van der Waals surface area contributed by atoms with E-state index in [1.54, 1.807) is 17.8 Å². The predicted octanol–water partition coefficient (Wildman–Crippen LogP) is 3.59. The predicted molar refractivity (Wildman–Crippen MR) is 70.4 cm³/mol. The number of hydrogen-bond acceptors (Lipinski definition) is 2. The van der Waals surface area contributed by atoms with E-state index in [0.29, 0.717) is 5.56 Å². The average Bonchev–Trinajstić information content (AvgIpc) is 2.16. The van der Waals surface area contributed by atoms with E-state index >= 15 is 0 Å². The first-order valence-corrected chi connectivity index (χ1v) is 6.81. The van der Waals surface area contributed by atoms with Crippen molar-refractivity contribution in [1.82, 2.24) is 0 Å². The fraction of sp³-hybridized carbons (Fsp3) is 0.538. The van der Waals surface area contributed by atoms with Gasteiger partial charge in [-0.05, 0) is 43.2 Å². The van der Waals surface area contributed by atoms with Crippen LogP contribution in [0.15, 0.2) is 12.1 Å². The fourth-order valence-electron chi connectivity index (χ4n) is 1.83. The molecule has 16 heavy (non-hydrogen) atoms. The van der Waals surface area contributed by atoms with Crippen molar-refractivity contribution in [2.75, 3.05) is 11.5 Å². The second-order valence-corrected chi connectivity index (χ2v) is 5.31. The summed E-state index contributed by atoms with van der Waals surface area (Å²) < 4.78 is 13.8. The number of rotatable bonds is 5. The van der Waals surface area contributed by atoms with E-state index in [4.69, 9.17) is 5.73 Å². The molecule has 1 atom stereocenters. The van der Waals surface area contributed by atoms with Crippen molar-refractivity contribution in [3.05, 3.63) is 34.6 Å². The monoisotopic (exact) mass is 241 g/mol. The van der Waals surface area contributed by atoms with E-state index < -0.39 is 0 Å². The summed E-state index contributed by atoms with van der Waals surface area (Å²) >= 11 is 1.79. The first-order chi connectivity index (χ1) is 7.56. The molecule has 0 fully saturated rings. The zero-order valence-corrected chi connectivity index (χ0v) is 11.0. The van der Waals surface area contributed by atoms with Crippen LogP contribution < -0.4 is 5.73 Å². The molecule has 3 heteroatoms. The SMILES string of the molecule is CCCSCC(N)c1c(C)cc(C)cc1F. The van der Waals surface area contributed by atoms with Gasteiger partial charge in [0.25, 0.3) is 0 Å². The molecule has 0 aliphatic heterocycles. The van der Waals surface area contributed by atoms with Crippen molar-refractivity contribution in [2.45, 2.75) is 33.2 Å². The Balaban J connectivity index is 2.78. The molecule has 1 nitrogen and oxygen atoms in total. The summed E-state index contributed by atoms with van der Waals surface area (Å²) in [5.41, 5.74) is 8.61. The van der Waals surface area contributed by atoms with E-state index in [9.17, 15) is 4.39 Å². The van der Waals surface area contributed by atoms with Crippen molar-refractivity contribution in [3.8, 4) is 0 Å². The lowest BCUT2D eigenvalue weighted by molar-refractivity contribution is 0.591. The first kappa shape index (κ1) is 13.5. The smallest absolute Gasteiger partial charge is 0.128 e. The van der Waals surface area contributed by atoms with Gasteiger partial charge in [0, 0.05) is 17.4 Å². The third-order valence-corrected chi connectivity index (χ3v) is 3.79. The Bertz CT molecular complexity index is 329. The Morgan fingerprint density at radius 2 is 2.06 bits per heavy atom. The highest BCUT2D eigenvalue weighted by molar-refractivity contribution is 7.99. The molecule has 1 unspecified atom stereocenters. The number of hydrogen-bond donors (Lipinski definition) is 1. The molecule has 0 heterocycles. The summed E-state index contributed by atoms with van der Waals surface area (Å²) in [6.07, 6.45) is 1.13. The van der Waals surface area contributed by atoms with E-state index in [-0.39, 0.29) is 11.9 Å². The molecule has 0 saturated carbocycles. The molecule has 0 saturated heterocycles. The molecule has 0 radical (unpaired) electrons. The van der Waals surface area contributed by atoms with Crippen LogP contribution in [0.25, 0.3) is 0 Å². The summed E-state index contributed by atoms with van der Waals surface area (Å²) in [4.78, 5) is 0. The molecular weight excluding hydrogens is 221 g/mol. The number of benzene rings is 1. The molecule has 0 amide bonds. The van der Waals surface area contributed by atoms with Crippen LogP contribution in [-0.2, 0) is 0 Å². The van der Waals surface area contributed by atoms with E-state index in [1.807, 2.05) is 19.9 Å². The maximum absolute atomic E-state index is 13.8. The number of aryl methyl sites for hydroxylation is 2. The molecule has 0 aromatic heterocycles. The van der Waals surface area contributed by atoms with Crippen molar-refractivity contribution in [1.29, 1.82) is 0 Å². The summed E-state index contributed by atoms with van der Waals surface area (Å²) in [6, 6.07) is 3.35. The standard InChI is InChI=1S/C13H20FNS/c1-4-5-16-8-12(15)13-10(3)6-9(2)7-11(13)14/h6-7,12H,4-5,8,15H2,1-3H3. The third-order valence-electron chi connectivity index (χ3n) is 2.50. The summed E-state index contributed by atoms with van der Waals surface area (Å²) in [5.74, 6) is 1.71. The number of halogens is 1. The number of thioether (sulfide) groups is 1. The lowest BCUT2D eigenvalue weighted by atomic mass is 10.00. The quantitative estimate of drug-likeness (QED) is 0.797. The van der Waals surface area contributed by atoms with Gasteiger partial charge in [-0.1, -0.05) is 13.0 Å². The topological polar surface area (TPSA) is 26.0 Å². The summed E-state index contributed by atoms with van der Waals surface area (Å²) in [7, 11) is 0. The van der Waals surface area contributed by atoms with Crippen LogP contribution in [0.1, 0.15) is 36.1 Å². The summed E-state index contributed by atoms with van der Waals surface area (Å²) in [6.45, 7) is 5.96. The zero-order chi connectivity index (χ0) is 12.1. The molecule has 0 aliphatic rings. The van der Waals surface area contributed by atoms with Crippen molar-refractivity contribution in [3.63, 3.8) is 0 Å². The van der Waals surface area contributed by atoms with Gasteiger partial charge in [0.05, 0.1) is 0 Å². The Morgan fingerprint density at radius 1 is 1.38 bits per heavy atom. The summed E-state index contributed by atoms with van der Waals surface area (Å²) in [5, 5.41) is 0. The van der Waals surface area contributed by atoms with Crippen LogP contribution in [-0.4, -0.2) is 11.5 Å². The highest BCUT2D eigenvalue weighted by Crippen LogP contribution is 2.24. The van der Waals surface area contributed by atoms with Gasteiger partial charge in [-0.3, -0.25) is 0 Å². The highest BCUT2D eigenvalue weighted by atomic mass is 32.2. The van der Waals surface area contributed by atoms with Crippen LogP contribution in [0.3, 0.4) is 0 Å². The minimum Gasteiger partial charge on any atom is -0.323 e. The molecule has 1 rings (SSSR count). The lowest BCUT2D eigenvalue weighted by Gasteiger charge is -2.16. The van der Waals surface area contributed by atoms with Gasteiger partial charge < -0.3 is 5.73 Å². The van der Waals surface area contributed by atoms with Crippen LogP contribution in [0.5, 0.6) is 0 Å². The second-order valence-electron chi connectivity index (χ2n) is 4.16. The van der Waals surface area contributed by atoms with Crippen molar-refractivity contribution < 1.29 is 4.39 Å². The van der Waals surface area contributed by atoms with E-state index in [0.717, 1.165) is 29.1 Å². The molecule has 1 aromatic carbocycles. The third kappa shape index (κ3) is 3.49. The van der Waals surface area contributed by atoms with Gasteiger partial charge in [0.2, 0.25) is 0 Å². The minimum atomic E-state index is -0.197. The lowest BCUT2D eigenvalue weighted by Crippen LogP contribution is -2.16. The maximum atomic E-state index is 13.8. The molecule has 2 N–H and O–H groups in total. The average molecular weight is 241 g/mol. The van der Waals surface area contributed by atoms with Gasteiger partial charge in [-0.15, -0.1) is 0 Å². The Hall–Kier alpha value is -0.540. The maximum Gasteiger partial charge on any atom is 0.128 e. The van der Waals surface area contributed by atoms with Crippen LogP contribution >= 0.6 is 11.8 Å². The largest absolute Gasteiger partial charge is 0.323 e. The van der Waals surface area contributed by atoms with Crippen LogP contribution in [0.4, 0.5) is 4.39 Å². The van der Waals surface area contributed by atoms with Crippen LogP contribution in [0, 0.1) is 19.7 Å². The minimum absolute atomic E-state index is 0.165. The molecule has 0 aliphatic carbocycles. The normalized spacial score (nSPS) is 12.8. The second kappa shape index (κ2) is 6.26. The molecule has 0 spiro atoms. The van der Waals surface area contributed by atoms with Gasteiger partial charge in [0.15, 0.2) is 0 Å². The van der Waals surface area contributed by atoms with Gasteiger partial charge in [-0.25, -0.2) is 4.39 Å². The van der Waals surface area contributed by atoms with E-state index in [1.165, 1.54) is 0 Å². The molecule has 0 bridgehead atoms. The molecule has 1 aromatic rings. The van der Waals surface area contributed by atoms with Gasteiger partial charge >= 0.3 is 0 Å². The molecular formula is C13H20FNS. The Labute approximate surface area is 102 Å². The highest BCUT2D eigenvalue weighted by Gasteiger charge is 2.14. The van der Waals surface area contributed by atoms with E-state index in [2.05, 4.69) is 6.92 Å². The fourth-order valence-corrected chi connectivity index (χ4v) is 2.71. The van der Waals surface area contributed by atoms with Crippen molar-refractivity contribution in [2.24, 2.45) is 5.73 Å². The first-order valence-electron chi connectivity index (χ1n) is 5.66. The molecule has 90 valence electrons. The van der Waals surface area contributed by atoms with Gasteiger partial charge in [-0.2, -0.15) is 11.8 Å². The number of nitrogens with two attached hydrogens (primary N) is 1. The Morgan fingerprint density at radius 3 is 2.62 bits per heavy atom. The van der Waals surface area contributed by atoms with Crippen LogP contribution in [0.2, 0.25) is 0 Å². The zero-order valence-electron chi connectivity index (χ0n) is 10.2.